The molecule has 0 spiro atoms. The van der Waals surface area contributed by atoms with Gasteiger partial charge in [0.25, 0.3) is 0 Å². The zero-order valence-corrected chi connectivity index (χ0v) is 11.3. The fourth-order valence-electron chi connectivity index (χ4n) is 1.51. The molecule has 0 aliphatic carbocycles. The Morgan fingerprint density at radius 2 is 2.05 bits per heavy atom. The minimum Gasteiger partial charge on any atom is -0.462 e. The average molecular weight is 298 g/mol. The zero-order valence-electron chi connectivity index (χ0n) is 10.5. The van der Waals surface area contributed by atoms with E-state index in [0.29, 0.717) is 0 Å². The quantitative estimate of drug-likeness (QED) is 0.870. The van der Waals surface area contributed by atoms with Gasteiger partial charge in [-0.3, -0.25) is 0 Å². The van der Waals surface area contributed by atoms with Crippen LogP contribution in [0.25, 0.3) is 0 Å². The van der Waals surface area contributed by atoms with Crippen LogP contribution in [0.3, 0.4) is 0 Å². The van der Waals surface area contributed by atoms with Crippen molar-refractivity contribution in [1.82, 2.24) is 0 Å². The Balaban J connectivity index is 0.00000324. The van der Waals surface area contributed by atoms with Crippen LogP contribution in [0.2, 0.25) is 0 Å². The lowest BCUT2D eigenvalue weighted by atomic mass is 9.96. The number of carbonyl (C=O) groups is 1. The van der Waals surface area contributed by atoms with Gasteiger partial charge in [-0.05, 0) is 31.0 Å². The topological polar surface area (TPSA) is 52.3 Å². The van der Waals surface area contributed by atoms with Crippen LogP contribution in [0.4, 0.5) is 13.2 Å². The third-order valence-electron chi connectivity index (χ3n) is 2.58. The molecular formula is C12H15ClF3NO2. The van der Waals surface area contributed by atoms with E-state index in [1.165, 1.54) is 26.0 Å². The second-order valence-corrected chi connectivity index (χ2v) is 3.78. The van der Waals surface area contributed by atoms with Crippen LogP contribution in [0, 0.1) is 12.7 Å². The number of alkyl halides is 2. The Bertz CT molecular complexity index is 455. The number of nitrogens with two attached hydrogens (primary N) is 1. The van der Waals surface area contributed by atoms with Gasteiger partial charge >= 0.3 is 11.9 Å². The molecule has 1 aromatic rings. The number of carbonyl (C=O) groups excluding carboxylic acids is 1. The Morgan fingerprint density at radius 3 is 2.58 bits per heavy atom. The maximum atomic E-state index is 13.7. The highest BCUT2D eigenvalue weighted by Crippen LogP contribution is 2.32. The summed E-state index contributed by atoms with van der Waals surface area (Å²) in [6.07, 6.45) is 0. The number of ether oxygens (including phenoxy) is 1. The first kappa shape index (κ1) is 17.7. The van der Waals surface area contributed by atoms with Gasteiger partial charge in [0.1, 0.15) is 11.9 Å². The molecule has 108 valence electrons. The largest absolute Gasteiger partial charge is 0.462 e. The van der Waals surface area contributed by atoms with Crippen molar-refractivity contribution in [3.05, 3.63) is 35.1 Å². The summed E-state index contributed by atoms with van der Waals surface area (Å²) in [5, 5.41) is 0. The van der Waals surface area contributed by atoms with Gasteiger partial charge in [0.05, 0.1) is 6.61 Å². The molecule has 7 heteroatoms. The van der Waals surface area contributed by atoms with Crippen LogP contribution >= 0.6 is 12.4 Å². The van der Waals surface area contributed by atoms with E-state index in [1.807, 2.05) is 0 Å². The Morgan fingerprint density at radius 1 is 1.47 bits per heavy atom. The van der Waals surface area contributed by atoms with E-state index in [-0.39, 0.29) is 30.1 Å². The second kappa shape index (κ2) is 6.77. The van der Waals surface area contributed by atoms with Gasteiger partial charge < -0.3 is 10.5 Å². The van der Waals surface area contributed by atoms with Gasteiger partial charge in [0.2, 0.25) is 0 Å². The smallest absolute Gasteiger partial charge is 0.379 e. The summed E-state index contributed by atoms with van der Waals surface area (Å²) in [6, 6.07) is 1.72. The van der Waals surface area contributed by atoms with Gasteiger partial charge in [0.15, 0.2) is 0 Å². The third-order valence-corrected chi connectivity index (χ3v) is 2.58. The lowest BCUT2D eigenvalue weighted by molar-refractivity contribution is -0.174. The van der Waals surface area contributed by atoms with E-state index in [9.17, 15) is 18.0 Å². The van der Waals surface area contributed by atoms with Crippen molar-refractivity contribution in [2.24, 2.45) is 5.73 Å². The number of hydrogen-bond donors (Lipinski definition) is 1. The van der Waals surface area contributed by atoms with Gasteiger partial charge in [0, 0.05) is 0 Å². The third kappa shape index (κ3) is 3.61. The van der Waals surface area contributed by atoms with Crippen LogP contribution in [-0.2, 0) is 9.53 Å². The van der Waals surface area contributed by atoms with Crippen molar-refractivity contribution in [2.75, 3.05) is 6.61 Å². The molecule has 0 aromatic heterocycles. The van der Waals surface area contributed by atoms with Crippen LogP contribution in [0.15, 0.2) is 18.2 Å². The van der Waals surface area contributed by atoms with Crippen molar-refractivity contribution in [3.63, 3.8) is 0 Å². The van der Waals surface area contributed by atoms with E-state index >= 15 is 0 Å². The van der Waals surface area contributed by atoms with Crippen molar-refractivity contribution in [2.45, 2.75) is 25.8 Å². The highest BCUT2D eigenvalue weighted by molar-refractivity contribution is 5.85. The summed E-state index contributed by atoms with van der Waals surface area (Å²) in [5.74, 6) is -6.25. The number of esters is 1. The van der Waals surface area contributed by atoms with E-state index < -0.39 is 23.8 Å². The standard InChI is InChI=1S/C12H14F3NO2.ClH/c1-3-18-11(17)12(14,15)10(16)8-5-4-6-9(13)7(8)2;/h4-6,10H,3,16H2,1-2H3;1H/t10-;/m0./s1. The molecule has 0 saturated heterocycles. The minimum atomic E-state index is -3.89. The molecule has 0 aliphatic heterocycles. The summed E-state index contributed by atoms with van der Waals surface area (Å²) in [4.78, 5) is 11.1. The predicted molar refractivity (Wildman–Crippen MR) is 66.9 cm³/mol. The first-order valence-corrected chi connectivity index (χ1v) is 5.38. The van der Waals surface area contributed by atoms with Gasteiger partial charge in [-0.25, -0.2) is 9.18 Å². The Hall–Kier alpha value is -1.27. The van der Waals surface area contributed by atoms with Gasteiger partial charge in [-0.15, -0.1) is 12.4 Å². The number of rotatable bonds is 4. The fourth-order valence-corrected chi connectivity index (χ4v) is 1.51. The monoisotopic (exact) mass is 297 g/mol. The van der Waals surface area contributed by atoms with E-state index in [0.717, 1.165) is 6.07 Å². The summed E-state index contributed by atoms with van der Waals surface area (Å²) in [6.45, 7) is 2.56. The van der Waals surface area contributed by atoms with Crippen molar-refractivity contribution in [1.29, 1.82) is 0 Å². The molecule has 1 atom stereocenters. The predicted octanol–water partition coefficient (Wildman–Crippen LogP) is 2.75. The number of hydrogen-bond acceptors (Lipinski definition) is 3. The molecular weight excluding hydrogens is 283 g/mol. The fraction of sp³-hybridized carbons (Fsp3) is 0.417. The lowest BCUT2D eigenvalue weighted by Crippen LogP contribution is -2.42. The average Bonchev–Trinajstić information content (AvgIpc) is 2.32. The Labute approximate surface area is 115 Å². The molecule has 0 heterocycles. The second-order valence-electron chi connectivity index (χ2n) is 3.78. The highest BCUT2D eigenvalue weighted by Gasteiger charge is 2.48. The SMILES string of the molecule is CCOC(=O)C(F)(F)[C@@H](N)c1cccc(F)c1C.Cl. The van der Waals surface area contributed by atoms with Crippen LogP contribution in [0.5, 0.6) is 0 Å². The van der Waals surface area contributed by atoms with Crippen molar-refractivity contribution in [3.8, 4) is 0 Å². The summed E-state index contributed by atoms with van der Waals surface area (Å²) in [5.41, 5.74) is 5.23. The number of benzene rings is 1. The van der Waals surface area contributed by atoms with Crippen LogP contribution in [0.1, 0.15) is 24.1 Å². The molecule has 0 radical (unpaired) electrons. The van der Waals surface area contributed by atoms with E-state index in [4.69, 9.17) is 5.73 Å². The molecule has 19 heavy (non-hydrogen) atoms. The van der Waals surface area contributed by atoms with E-state index in [1.54, 1.807) is 0 Å². The van der Waals surface area contributed by atoms with Crippen LogP contribution in [-0.4, -0.2) is 18.5 Å². The molecule has 0 saturated carbocycles. The molecule has 1 aromatic carbocycles. The van der Waals surface area contributed by atoms with Gasteiger partial charge in [-0.1, -0.05) is 12.1 Å². The van der Waals surface area contributed by atoms with Crippen LogP contribution < -0.4 is 5.73 Å². The molecule has 0 bridgehead atoms. The molecule has 0 aliphatic rings. The zero-order chi connectivity index (χ0) is 13.9. The molecule has 1 rings (SSSR count). The normalized spacial score (nSPS) is 12.5. The van der Waals surface area contributed by atoms with Crippen molar-refractivity contribution >= 4 is 18.4 Å². The van der Waals surface area contributed by atoms with Crippen molar-refractivity contribution < 1.29 is 22.7 Å². The van der Waals surface area contributed by atoms with E-state index in [2.05, 4.69) is 4.74 Å². The summed E-state index contributed by atoms with van der Waals surface area (Å²) >= 11 is 0. The molecule has 3 nitrogen and oxygen atoms in total. The maximum Gasteiger partial charge on any atom is 0.379 e. The first-order chi connectivity index (χ1) is 8.32. The summed E-state index contributed by atoms with van der Waals surface area (Å²) in [7, 11) is 0. The molecule has 0 unspecified atom stereocenters. The lowest BCUT2D eigenvalue weighted by Gasteiger charge is -2.23. The maximum absolute atomic E-state index is 13.7. The number of halogens is 4. The molecule has 0 fully saturated rings. The molecule has 0 amide bonds. The highest BCUT2D eigenvalue weighted by atomic mass is 35.5. The molecule has 2 N–H and O–H groups in total. The van der Waals surface area contributed by atoms with Gasteiger partial charge in [-0.2, -0.15) is 8.78 Å². The first-order valence-electron chi connectivity index (χ1n) is 5.38. The minimum absolute atomic E-state index is 0. The Kier molecular flexibility index (Phi) is 6.32. The summed E-state index contributed by atoms with van der Waals surface area (Å²) < 4.78 is 44.9.